The number of nitrogens with zero attached hydrogens (tertiary/aromatic N) is 1. The first-order chi connectivity index (χ1) is 12.5. The molecule has 2 fully saturated rings. The molecule has 1 aliphatic carbocycles. The lowest BCUT2D eigenvalue weighted by atomic mass is 10.0. The minimum atomic E-state index is -0.523. The van der Waals surface area contributed by atoms with E-state index in [1.807, 2.05) is 0 Å². The second-order valence-electron chi connectivity index (χ2n) is 6.61. The van der Waals surface area contributed by atoms with E-state index in [-0.39, 0.29) is 23.9 Å². The van der Waals surface area contributed by atoms with Crippen molar-refractivity contribution in [3.63, 3.8) is 0 Å². The zero-order chi connectivity index (χ0) is 18.7. The summed E-state index contributed by atoms with van der Waals surface area (Å²) in [5, 5.41) is 0.911. The molecule has 5 nitrogen and oxygen atoms in total. The zero-order valence-electron chi connectivity index (χ0n) is 15.2. The summed E-state index contributed by atoms with van der Waals surface area (Å²) in [5.74, 6) is -0.950. The van der Waals surface area contributed by atoms with Gasteiger partial charge in [0.15, 0.2) is 0 Å². The third-order valence-electron chi connectivity index (χ3n) is 4.64. The van der Waals surface area contributed by atoms with Crippen LogP contribution in [0, 0.1) is 12.7 Å². The number of ether oxygens (including phenoxy) is 2. The molecule has 1 aromatic heterocycles. The van der Waals surface area contributed by atoms with Crippen LogP contribution < -0.4 is 5.56 Å². The molecule has 4 rings (SSSR count). The maximum absolute atomic E-state index is 13.5. The van der Waals surface area contributed by atoms with Gasteiger partial charge in [0, 0.05) is 24.6 Å². The molecule has 140 valence electrons. The van der Waals surface area contributed by atoms with Gasteiger partial charge in [0.25, 0.3) is 5.56 Å². The summed E-state index contributed by atoms with van der Waals surface area (Å²) in [6, 6.07) is 4.09. The molecule has 0 radical (unpaired) electrons. The molecule has 0 atom stereocenters. The average Bonchev–Trinajstić information content (AvgIpc) is 3.27. The molecule has 0 unspecified atom stereocenters. The lowest BCUT2D eigenvalue weighted by Gasteiger charge is -2.16. The Morgan fingerprint density at radius 2 is 1.96 bits per heavy atom. The summed E-state index contributed by atoms with van der Waals surface area (Å²) in [6.45, 7) is 5.68. The second kappa shape index (κ2) is 7.99. The first-order valence-electron chi connectivity index (χ1n) is 9.13. The number of fused-ring (bicyclic) bond motifs is 1. The lowest BCUT2D eigenvalue weighted by molar-refractivity contribution is 0.0511. The summed E-state index contributed by atoms with van der Waals surface area (Å²) >= 11 is 0. The first-order valence-corrected chi connectivity index (χ1v) is 9.13. The van der Waals surface area contributed by atoms with Crippen LogP contribution in [-0.4, -0.2) is 30.4 Å². The average molecular weight is 361 g/mol. The van der Waals surface area contributed by atoms with Crippen molar-refractivity contribution in [2.45, 2.75) is 45.6 Å². The fourth-order valence-corrected chi connectivity index (χ4v) is 3.20. The van der Waals surface area contributed by atoms with Crippen LogP contribution in [0.5, 0.6) is 0 Å². The molecule has 1 saturated carbocycles. The highest BCUT2D eigenvalue weighted by Gasteiger charge is 2.31. The number of hydrogen-bond donors (Lipinski definition) is 0. The summed E-state index contributed by atoms with van der Waals surface area (Å²) in [7, 11) is 0. The van der Waals surface area contributed by atoms with Gasteiger partial charge in [-0.15, -0.1) is 0 Å². The quantitative estimate of drug-likeness (QED) is 0.781. The van der Waals surface area contributed by atoms with Crippen molar-refractivity contribution in [3.8, 4) is 0 Å². The molecule has 6 heteroatoms. The summed E-state index contributed by atoms with van der Waals surface area (Å²) in [5.41, 5.74) is 0.595. The molecule has 0 bridgehead atoms. The molecule has 1 saturated heterocycles. The molecule has 1 aromatic carbocycles. The predicted octanol–water partition coefficient (Wildman–Crippen LogP) is 3.76. The van der Waals surface area contributed by atoms with E-state index in [1.54, 1.807) is 13.8 Å². The predicted molar refractivity (Wildman–Crippen MR) is 97.2 cm³/mol. The SMILES string of the molecule is C1CCOC1.CCOC(=O)c1c(C)c2cc(F)ccc2c(=O)n1C1CC1. The van der Waals surface area contributed by atoms with Crippen LogP contribution in [0.4, 0.5) is 4.39 Å². The van der Waals surface area contributed by atoms with Crippen LogP contribution in [0.15, 0.2) is 23.0 Å². The van der Waals surface area contributed by atoms with Crippen molar-refractivity contribution in [1.29, 1.82) is 0 Å². The van der Waals surface area contributed by atoms with Gasteiger partial charge in [-0.3, -0.25) is 9.36 Å². The minimum Gasteiger partial charge on any atom is -0.461 e. The molecule has 0 amide bonds. The van der Waals surface area contributed by atoms with E-state index < -0.39 is 11.8 Å². The Labute approximate surface area is 151 Å². The number of carbonyl (C=O) groups excluding carboxylic acids is 1. The highest BCUT2D eigenvalue weighted by molar-refractivity contribution is 5.96. The summed E-state index contributed by atoms with van der Waals surface area (Å²) in [6.07, 6.45) is 4.30. The molecule has 26 heavy (non-hydrogen) atoms. The molecule has 2 heterocycles. The highest BCUT2D eigenvalue weighted by atomic mass is 19.1. The largest absolute Gasteiger partial charge is 0.461 e. The van der Waals surface area contributed by atoms with Crippen molar-refractivity contribution in [1.82, 2.24) is 4.57 Å². The van der Waals surface area contributed by atoms with E-state index in [0.717, 1.165) is 26.1 Å². The fourth-order valence-electron chi connectivity index (χ4n) is 3.20. The topological polar surface area (TPSA) is 57.5 Å². The van der Waals surface area contributed by atoms with E-state index in [4.69, 9.17) is 9.47 Å². The van der Waals surface area contributed by atoms with Crippen LogP contribution in [0.3, 0.4) is 0 Å². The molecule has 2 aromatic rings. The van der Waals surface area contributed by atoms with E-state index in [2.05, 4.69) is 0 Å². The number of esters is 1. The number of benzene rings is 1. The second-order valence-corrected chi connectivity index (χ2v) is 6.61. The number of aryl methyl sites for hydroxylation is 1. The monoisotopic (exact) mass is 361 g/mol. The van der Waals surface area contributed by atoms with Gasteiger partial charge < -0.3 is 9.47 Å². The summed E-state index contributed by atoms with van der Waals surface area (Å²) in [4.78, 5) is 24.9. The van der Waals surface area contributed by atoms with Gasteiger partial charge in [-0.2, -0.15) is 0 Å². The number of halogens is 1. The van der Waals surface area contributed by atoms with Crippen molar-refractivity contribution in [2.75, 3.05) is 19.8 Å². The molecular formula is C20H24FNO4. The van der Waals surface area contributed by atoms with Crippen LogP contribution in [0.1, 0.15) is 54.7 Å². The van der Waals surface area contributed by atoms with E-state index >= 15 is 0 Å². The molecule has 2 aliphatic rings. The van der Waals surface area contributed by atoms with Gasteiger partial charge in [-0.1, -0.05) is 0 Å². The van der Waals surface area contributed by atoms with Crippen LogP contribution in [-0.2, 0) is 9.47 Å². The normalized spacial score (nSPS) is 16.3. The van der Waals surface area contributed by atoms with Crippen molar-refractivity contribution >= 4 is 16.7 Å². The van der Waals surface area contributed by atoms with Crippen LogP contribution in [0.25, 0.3) is 10.8 Å². The molecule has 1 aliphatic heterocycles. The Balaban J connectivity index is 0.000000339. The van der Waals surface area contributed by atoms with Gasteiger partial charge in [-0.05, 0) is 68.7 Å². The maximum Gasteiger partial charge on any atom is 0.355 e. The molecule has 0 N–H and O–H groups in total. The van der Waals surface area contributed by atoms with Gasteiger partial charge >= 0.3 is 5.97 Å². The zero-order valence-corrected chi connectivity index (χ0v) is 15.2. The number of rotatable bonds is 3. The number of carbonyl (C=O) groups is 1. The number of pyridine rings is 1. The Kier molecular flexibility index (Phi) is 5.71. The number of aromatic nitrogens is 1. The Hall–Kier alpha value is -2.21. The van der Waals surface area contributed by atoms with Crippen molar-refractivity contribution in [3.05, 3.63) is 45.6 Å². The van der Waals surface area contributed by atoms with E-state index in [0.29, 0.717) is 16.3 Å². The van der Waals surface area contributed by atoms with Crippen molar-refractivity contribution < 1.29 is 18.7 Å². The van der Waals surface area contributed by atoms with E-state index in [9.17, 15) is 14.0 Å². The van der Waals surface area contributed by atoms with Gasteiger partial charge in [0.05, 0.1) is 6.61 Å². The molecule has 0 spiro atoms. The Morgan fingerprint density at radius 1 is 1.27 bits per heavy atom. The Morgan fingerprint density at radius 3 is 2.50 bits per heavy atom. The highest BCUT2D eigenvalue weighted by Crippen LogP contribution is 2.36. The van der Waals surface area contributed by atoms with Gasteiger partial charge in [0.2, 0.25) is 0 Å². The van der Waals surface area contributed by atoms with Crippen LogP contribution in [0.2, 0.25) is 0 Å². The van der Waals surface area contributed by atoms with Crippen LogP contribution >= 0.6 is 0 Å². The van der Waals surface area contributed by atoms with E-state index in [1.165, 1.54) is 35.6 Å². The standard InChI is InChI=1S/C16H16FNO3.C4H8O/c1-3-21-16(20)14-9(2)13-8-10(17)4-7-12(13)15(19)18(14)11-5-6-11;1-2-4-5-3-1/h4,7-8,11H,3,5-6H2,1-2H3;1-4H2. The third-order valence-corrected chi connectivity index (χ3v) is 4.64. The first kappa shape index (κ1) is 18.6. The van der Waals surface area contributed by atoms with Gasteiger partial charge in [-0.25, -0.2) is 9.18 Å². The lowest BCUT2D eigenvalue weighted by Crippen LogP contribution is -2.28. The maximum atomic E-state index is 13.5. The van der Waals surface area contributed by atoms with Gasteiger partial charge in [0.1, 0.15) is 11.5 Å². The Bertz CT molecular complexity index is 859. The number of hydrogen-bond acceptors (Lipinski definition) is 4. The van der Waals surface area contributed by atoms with Crippen molar-refractivity contribution in [2.24, 2.45) is 0 Å². The summed E-state index contributed by atoms with van der Waals surface area (Å²) < 4.78 is 25.0. The minimum absolute atomic E-state index is 0.0464. The smallest absolute Gasteiger partial charge is 0.355 e. The fraction of sp³-hybridized carbons (Fsp3) is 0.500. The molecular weight excluding hydrogens is 337 g/mol. The third kappa shape index (κ3) is 3.80.